The zero-order valence-electron chi connectivity index (χ0n) is 24.0. The van der Waals surface area contributed by atoms with Crippen LogP contribution in [0.15, 0.2) is 77.7 Å². The van der Waals surface area contributed by atoms with Gasteiger partial charge in [0.25, 0.3) is 10.0 Å². The number of hydrogen-bond donors (Lipinski definition) is 1. The number of hydrogen-bond acceptors (Lipinski definition) is 5. The van der Waals surface area contributed by atoms with Gasteiger partial charge in [0, 0.05) is 13.1 Å². The number of carbonyl (C=O) groups is 2. The number of anilines is 1. The third kappa shape index (κ3) is 8.29. The summed E-state index contributed by atoms with van der Waals surface area (Å²) in [5, 5.41) is 2.90. The number of aryl methyl sites for hydroxylation is 1. The first-order valence-electron chi connectivity index (χ1n) is 13.7. The third-order valence-corrected chi connectivity index (χ3v) is 8.52. The van der Waals surface area contributed by atoms with Crippen LogP contribution in [0.2, 0.25) is 0 Å². The van der Waals surface area contributed by atoms with Gasteiger partial charge in [-0.2, -0.15) is 0 Å². The van der Waals surface area contributed by atoms with Crippen LogP contribution in [0.5, 0.6) is 5.75 Å². The topological polar surface area (TPSA) is 96.0 Å². The van der Waals surface area contributed by atoms with Crippen LogP contribution in [0.4, 0.5) is 10.1 Å². The lowest BCUT2D eigenvalue weighted by Gasteiger charge is -2.33. The zero-order valence-corrected chi connectivity index (χ0v) is 24.8. The van der Waals surface area contributed by atoms with Crippen LogP contribution in [-0.2, 0) is 26.2 Å². The van der Waals surface area contributed by atoms with E-state index in [2.05, 4.69) is 5.32 Å². The fourth-order valence-electron chi connectivity index (χ4n) is 4.33. The van der Waals surface area contributed by atoms with Crippen LogP contribution >= 0.6 is 0 Å². The molecule has 0 radical (unpaired) electrons. The molecule has 0 heterocycles. The summed E-state index contributed by atoms with van der Waals surface area (Å²) in [4.78, 5) is 28.6. The average molecular weight is 584 g/mol. The number of unbranched alkanes of at least 4 members (excludes halogenated alkanes) is 1. The van der Waals surface area contributed by atoms with Crippen LogP contribution in [0.3, 0.4) is 0 Å². The number of benzene rings is 3. The summed E-state index contributed by atoms with van der Waals surface area (Å²) in [6, 6.07) is 17.4. The van der Waals surface area contributed by atoms with Gasteiger partial charge in [0.15, 0.2) is 0 Å². The number of nitrogens with one attached hydrogen (secondary N) is 1. The number of amides is 2. The Labute approximate surface area is 242 Å². The molecule has 220 valence electrons. The summed E-state index contributed by atoms with van der Waals surface area (Å²) >= 11 is 0. The van der Waals surface area contributed by atoms with Crippen molar-refractivity contribution in [2.45, 2.75) is 57.5 Å². The summed E-state index contributed by atoms with van der Waals surface area (Å²) in [6.45, 7) is 5.78. The Morgan fingerprint density at radius 2 is 1.59 bits per heavy atom. The van der Waals surface area contributed by atoms with Gasteiger partial charge in [0.1, 0.15) is 24.2 Å². The SMILES string of the molecule is CCCCNC(=O)[C@H](CC)N(Cc1ccc(C)cc1)C(=O)CN(c1ccc(F)cc1)S(=O)(=O)c1ccc(OC)cc1. The second-order valence-corrected chi connectivity index (χ2v) is 11.6. The first-order chi connectivity index (χ1) is 19.6. The van der Waals surface area contributed by atoms with E-state index in [0.29, 0.717) is 18.7 Å². The highest BCUT2D eigenvalue weighted by Crippen LogP contribution is 2.26. The molecule has 0 bridgehead atoms. The first kappa shape index (κ1) is 31.6. The minimum Gasteiger partial charge on any atom is -0.497 e. The lowest BCUT2D eigenvalue weighted by molar-refractivity contribution is -0.140. The number of rotatable bonds is 14. The largest absolute Gasteiger partial charge is 0.497 e. The van der Waals surface area contributed by atoms with E-state index < -0.39 is 34.3 Å². The average Bonchev–Trinajstić information content (AvgIpc) is 2.97. The maximum absolute atomic E-state index is 14.0. The number of sulfonamides is 1. The van der Waals surface area contributed by atoms with E-state index in [1.807, 2.05) is 45.0 Å². The Morgan fingerprint density at radius 3 is 2.15 bits per heavy atom. The summed E-state index contributed by atoms with van der Waals surface area (Å²) < 4.78 is 47.6. The second kappa shape index (κ2) is 14.6. The lowest BCUT2D eigenvalue weighted by Crippen LogP contribution is -2.52. The van der Waals surface area contributed by atoms with E-state index in [4.69, 9.17) is 4.74 Å². The van der Waals surface area contributed by atoms with Crippen molar-refractivity contribution in [2.75, 3.05) is 24.5 Å². The highest BCUT2D eigenvalue weighted by Gasteiger charge is 2.33. The maximum Gasteiger partial charge on any atom is 0.264 e. The molecule has 0 spiro atoms. The van der Waals surface area contributed by atoms with Crippen LogP contribution < -0.4 is 14.4 Å². The summed E-state index contributed by atoms with van der Waals surface area (Å²) in [7, 11) is -2.79. The smallest absolute Gasteiger partial charge is 0.264 e. The van der Waals surface area contributed by atoms with Gasteiger partial charge in [-0.25, -0.2) is 12.8 Å². The van der Waals surface area contributed by atoms with E-state index in [0.717, 1.165) is 40.4 Å². The van der Waals surface area contributed by atoms with Gasteiger partial charge in [0.05, 0.1) is 17.7 Å². The van der Waals surface area contributed by atoms with E-state index >= 15 is 0 Å². The van der Waals surface area contributed by atoms with Crippen LogP contribution in [0.1, 0.15) is 44.2 Å². The van der Waals surface area contributed by atoms with E-state index in [-0.39, 0.29) is 23.0 Å². The Balaban J connectivity index is 2.02. The molecule has 3 aromatic carbocycles. The third-order valence-electron chi connectivity index (χ3n) is 6.73. The molecule has 41 heavy (non-hydrogen) atoms. The van der Waals surface area contributed by atoms with Crippen LogP contribution in [0, 0.1) is 12.7 Å². The van der Waals surface area contributed by atoms with Crippen molar-refractivity contribution in [3.63, 3.8) is 0 Å². The molecule has 10 heteroatoms. The molecule has 0 unspecified atom stereocenters. The van der Waals surface area contributed by atoms with Crippen molar-refractivity contribution in [3.05, 3.63) is 89.7 Å². The Morgan fingerprint density at radius 1 is 0.951 bits per heavy atom. The molecule has 0 aliphatic heterocycles. The molecule has 2 amide bonds. The van der Waals surface area contributed by atoms with E-state index in [9.17, 15) is 22.4 Å². The molecular formula is C31H38FN3O5S. The highest BCUT2D eigenvalue weighted by molar-refractivity contribution is 7.92. The number of ether oxygens (including phenoxy) is 1. The molecule has 3 rings (SSSR count). The number of carbonyl (C=O) groups excluding carboxylic acids is 2. The zero-order chi connectivity index (χ0) is 30.0. The Kier molecular flexibility index (Phi) is 11.3. The summed E-state index contributed by atoms with van der Waals surface area (Å²) in [5.41, 5.74) is 1.96. The molecule has 1 N–H and O–H groups in total. The fraction of sp³-hybridized carbons (Fsp3) is 0.355. The summed E-state index contributed by atoms with van der Waals surface area (Å²) in [6.07, 6.45) is 2.03. The Bertz CT molecular complexity index is 1400. The number of nitrogens with zero attached hydrogens (tertiary/aromatic N) is 2. The predicted molar refractivity (Wildman–Crippen MR) is 158 cm³/mol. The first-order valence-corrected chi connectivity index (χ1v) is 15.1. The van der Waals surface area contributed by atoms with Gasteiger partial charge in [-0.1, -0.05) is 50.1 Å². The van der Waals surface area contributed by atoms with Gasteiger partial charge in [-0.15, -0.1) is 0 Å². The van der Waals surface area contributed by atoms with Crippen molar-refractivity contribution < 1.29 is 27.1 Å². The van der Waals surface area contributed by atoms with Crippen molar-refractivity contribution in [3.8, 4) is 5.75 Å². The second-order valence-electron chi connectivity index (χ2n) is 9.74. The molecule has 0 saturated heterocycles. The van der Waals surface area contributed by atoms with Crippen LogP contribution in [-0.4, -0.2) is 51.4 Å². The molecule has 1 atom stereocenters. The van der Waals surface area contributed by atoms with Gasteiger partial charge in [0.2, 0.25) is 11.8 Å². The van der Waals surface area contributed by atoms with Gasteiger partial charge in [-0.3, -0.25) is 13.9 Å². The van der Waals surface area contributed by atoms with E-state index in [1.165, 1.54) is 48.4 Å². The molecule has 3 aromatic rings. The molecule has 0 fully saturated rings. The van der Waals surface area contributed by atoms with Crippen LogP contribution in [0.25, 0.3) is 0 Å². The van der Waals surface area contributed by atoms with Gasteiger partial charge in [-0.05, 0) is 73.9 Å². The Hall–Kier alpha value is -3.92. The molecule has 8 nitrogen and oxygen atoms in total. The lowest BCUT2D eigenvalue weighted by atomic mass is 10.1. The van der Waals surface area contributed by atoms with Crippen molar-refractivity contribution in [1.29, 1.82) is 0 Å². The molecule has 0 aliphatic rings. The highest BCUT2D eigenvalue weighted by atomic mass is 32.2. The number of halogens is 1. The monoisotopic (exact) mass is 583 g/mol. The van der Waals surface area contributed by atoms with Crippen molar-refractivity contribution in [1.82, 2.24) is 10.2 Å². The normalized spacial score (nSPS) is 11.9. The molecule has 0 aromatic heterocycles. The number of methoxy groups -OCH3 is 1. The molecule has 0 saturated carbocycles. The summed E-state index contributed by atoms with van der Waals surface area (Å²) in [5.74, 6) is -0.938. The minimum absolute atomic E-state index is 0.0649. The fourth-order valence-corrected chi connectivity index (χ4v) is 5.74. The quantitative estimate of drug-likeness (QED) is 0.268. The van der Waals surface area contributed by atoms with Gasteiger partial charge < -0.3 is 15.0 Å². The van der Waals surface area contributed by atoms with E-state index in [1.54, 1.807) is 0 Å². The molecular weight excluding hydrogens is 545 g/mol. The minimum atomic E-state index is -4.26. The van der Waals surface area contributed by atoms with Gasteiger partial charge >= 0.3 is 0 Å². The molecule has 0 aliphatic carbocycles. The maximum atomic E-state index is 14.0. The van der Waals surface area contributed by atoms with Crippen molar-refractivity contribution in [2.24, 2.45) is 0 Å². The predicted octanol–water partition coefficient (Wildman–Crippen LogP) is 5.06. The van der Waals surface area contributed by atoms with Crippen molar-refractivity contribution >= 4 is 27.5 Å². The standard InChI is InChI=1S/C31H38FN3O5S/c1-5-7-20-33-31(37)29(6-2)34(21-24-10-8-23(3)9-11-24)30(36)22-35(26-14-12-25(32)13-15-26)41(38,39)28-18-16-27(40-4)17-19-28/h8-19,29H,5-7,20-22H2,1-4H3,(H,33,37)/t29-/m0/s1.